The smallest absolute Gasteiger partial charge is 0.223 e. The Morgan fingerprint density at radius 3 is 2.11 bits per heavy atom. The van der Waals surface area contributed by atoms with Crippen molar-refractivity contribution in [2.24, 2.45) is 47.2 Å². The van der Waals surface area contributed by atoms with E-state index in [9.17, 15) is 24.9 Å². The summed E-state index contributed by atoms with van der Waals surface area (Å²) in [6.45, 7) is 21.8. The van der Waals surface area contributed by atoms with Crippen LogP contribution in [0.3, 0.4) is 0 Å². The minimum Gasteiger partial charge on any atom is -0.392 e. The SMILES string of the molecule is CC.CC[C@@H](C(=O)[C@@H](C)[C@@H](O)[C@H](C)[C@@H]1O[C@@H]([C@@H](CC)C(N)=O)CC[C@@H]1C)[C@H]1O[C@]2(C=CC(O)C3(CCC([C@H]4CC[C@](O)(CC)[C@H](C)O4)O3)O2)[C@H](C)C[C@@H]1C. The fourth-order valence-electron chi connectivity index (χ4n) is 10.2. The lowest BCUT2D eigenvalue weighted by atomic mass is 9.72. The molecule has 0 aliphatic carbocycles. The molecule has 5 rings (SSSR count). The zero-order valence-electron chi connectivity index (χ0n) is 35.2. The van der Waals surface area contributed by atoms with Gasteiger partial charge in [-0.1, -0.05) is 69.2 Å². The highest BCUT2D eigenvalue weighted by atomic mass is 16.8. The molecule has 0 radical (unpaired) electrons. The normalized spacial score (nSPS) is 43.8. The first-order valence-electron chi connectivity index (χ1n) is 21.4. The summed E-state index contributed by atoms with van der Waals surface area (Å²) in [6.07, 6.45) is 5.99. The topological polar surface area (TPSA) is 167 Å². The van der Waals surface area contributed by atoms with Gasteiger partial charge in [0.1, 0.15) is 11.9 Å². The number of aliphatic hydroxyl groups excluding tert-OH is 2. The second-order valence-corrected chi connectivity index (χ2v) is 17.3. The highest BCUT2D eigenvalue weighted by Gasteiger charge is 2.60. The molecule has 5 aliphatic heterocycles. The van der Waals surface area contributed by atoms with Gasteiger partial charge in [-0.15, -0.1) is 0 Å². The van der Waals surface area contributed by atoms with Crippen LogP contribution in [0.4, 0.5) is 0 Å². The maximum Gasteiger partial charge on any atom is 0.223 e. The molecule has 1 amide bonds. The number of aliphatic hydroxyl groups is 3. The summed E-state index contributed by atoms with van der Waals surface area (Å²) in [5, 5.41) is 34.0. The number of rotatable bonds is 12. The predicted octanol–water partition coefficient (Wildman–Crippen LogP) is 6.22. The molecule has 4 fully saturated rings. The van der Waals surface area contributed by atoms with Gasteiger partial charge >= 0.3 is 0 Å². The third kappa shape index (κ3) is 8.83. The van der Waals surface area contributed by atoms with Crippen molar-refractivity contribution in [3.63, 3.8) is 0 Å². The Morgan fingerprint density at radius 2 is 1.52 bits per heavy atom. The lowest BCUT2D eigenvalue weighted by Crippen LogP contribution is -2.62. The summed E-state index contributed by atoms with van der Waals surface area (Å²) in [5.41, 5.74) is 4.84. The lowest BCUT2D eigenvalue weighted by molar-refractivity contribution is -0.401. The van der Waals surface area contributed by atoms with E-state index in [0.717, 1.165) is 19.3 Å². The molecule has 2 spiro atoms. The summed E-state index contributed by atoms with van der Waals surface area (Å²) in [5.74, 6) is -4.78. The van der Waals surface area contributed by atoms with Gasteiger partial charge in [-0.2, -0.15) is 0 Å². The first kappa shape index (κ1) is 45.3. The molecule has 0 saturated carbocycles. The minimum atomic E-state index is -1.33. The highest BCUT2D eigenvalue weighted by molar-refractivity contribution is 5.84. The van der Waals surface area contributed by atoms with Crippen molar-refractivity contribution in [3.8, 4) is 0 Å². The molecule has 0 aromatic heterocycles. The van der Waals surface area contributed by atoms with Gasteiger partial charge in [0, 0.05) is 30.1 Å². The average molecular weight is 766 g/mol. The van der Waals surface area contributed by atoms with Crippen molar-refractivity contribution in [2.75, 3.05) is 0 Å². The first-order valence-corrected chi connectivity index (χ1v) is 21.4. The zero-order valence-corrected chi connectivity index (χ0v) is 35.2. The van der Waals surface area contributed by atoms with Crippen LogP contribution in [0.5, 0.6) is 0 Å². The van der Waals surface area contributed by atoms with Crippen LogP contribution in [0, 0.1) is 41.4 Å². The van der Waals surface area contributed by atoms with Crippen molar-refractivity contribution in [1.82, 2.24) is 0 Å². The number of ketones is 1. The summed E-state index contributed by atoms with van der Waals surface area (Å²) < 4.78 is 33.2. The van der Waals surface area contributed by atoms with E-state index in [0.29, 0.717) is 44.9 Å². The van der Waals surface area contributed by atoms with Crippen molar-refractivity contribution in [3.05, 3.63) is 12.2 Å². The third-order valence-corrected chi connectivity index (χ3v) is 14.0. The second kappa shape index (κ2) is 18.4. The van der Waals surface area contributed by atoms with E-state index in [4.69, 9.17) is 29.4 Å². The number of hydrogen-bond donors (Lipinski definition) is 4. The molecule has 18 atom stereocenters. The number of nitrogens with two attached hydrogens (primary N) is 1. The van der Waals surface area contributed by atoms with Crippen LogP contribution in [0.25, 0.3) is 0 Å². The Bertz CT molecular complexity index is 1280. The molecular weight excluding hydrogens is 690 g/mol. The number of Topliss-reactive ketones (excluding diaryl/α,β-unsaturated/α-hetero) is 1. The van der Waals surface area contributed by atoms with E-state index >= 15 is 0 Å². The Kier molecular flexibility index (Phi) is 15.5. The van der Waals surface area contributed by atoms with Crippen molar-refractivity contribution >= 4 is 11.7 Å². The standard InChI is InChI=1S/C41H69NO10.C2H6/c1-10-28(38(42)46)30-14-13-22(4)36(49-30)26(8)34(44)25(7)35(45)29(11-2)37-23(5)21-24(6)40(51-37)20-17-33(43)41(52-40)19-16-32(50-41)31-15-18-39(47,12-3)27(9)48-31;1-2/h17,20,22-34,36-37,43-44,47H,10-16,18-19,21H2,1-9H3,(H2,42,46);1-2H3/t22-,23-,24+,25-,26-,27-,28+,29-,30+,31+,32?,33?,34+,36+,37-,39+,40-,41?;/m0./s1. The van der Waals surface area contributed by atoms with Crippen LogP contribution in [0.15, 0.2) is 12.2 Å². The summed E-state index contributed by atoms with van der Waals surface area (Å²) >= 11 is 0. The van der Waals surface area contributed by atoms with E-state index in [1.54, 1.807) is 19.1 Å². The number of amides is 1. The molecule has 5 heterocycles. The number of carbonyl (C=O) groups excluding carboxylic acids is 2. The van der Waals surface area contributed by atoms with Crippen LogP contribution >= 0.6 is 0 Å². The lowest BCUT2D eigenvalue weighted by Gasteiger charge is -2.53. The molecule has 54 heavy (non-hydrogen) atoms. The van der Waals surface area contributed by atoms with Gasteiger partial charge in [0.25, 0.3) is 0 Å². The van der Waals surface area contributed by atoms with Gasteiger partial charge < -0.3 is 44.7 Å². The molecule has 0 bridgehead atoms. The summed E-state index contributed by atoms with van der Waals surface area (Å²) in [4.78, 5) is 26.5. The Morgan fingerprint density at radius 1 is 0.870 bits per heavy atom. The minimum absolute atomic E-state index is 0.0324. The van der Waals surface area contributed by atoms with Crippen molar-refractivity contribution in [1.29, 1.82) is 0 Å². The maximum absolute atomic E-state index is 14.4. The van der Waals surface area contributed by atoms with Gasteiger partial charge in [0.15, 0.2) is 5.79 Å². The van der Waals surface area contributed by atoms with Crippen LogP contribution < -0.4 is 5.73 Å². The molecule has 5 aliphatic rings. The quantitative estimate of drug-likeness (QED) is 0.168. The maximum atomic E-state index is 14.4. The molecule has 0 aromatic rings. The molecule has 11 nitrogen and oxygen atoms in total. The first-order chi connectivity index (χ1) is 25.5. The Hall–Kier alpha value is -1.44. The largest absolute Gasteiger partial charge is 0.392 e. The molecule has 4 saturated heterocycles. The van der Waals surface area contributed by atoms with Gasteiger partial charge in [-0.05, 0) is 88.7 Å². The monoisotopic (exact) mass is 766 g/mol. The molecule has 312 valence electrons. The van der Waals surface area contributed by atoms with Crippen LogP contribution in [-0.4, -0.2) is 93.0 Å². The molecule has 11 heteroatoms. The van der Waals surface area contributed by atoms with Gasteiger partial charge in [0.05, 0.1) is 54.2 Å². The van der Waals surface area contributed by atoms with Crippen LogP contribution in [0.2, 0.25) is 0 Å². The number of primary amides is 1. The molecular formula is C43H75NO10. The van der Waals surface area contributed by atoms with E-state index < -0.39 is 47.3 Å². The van der Waals surface area contributed by atoms with Gasteiger partial charge in [0.2, 0.25) is 11.7 Å². The van der Waals surface area contributed by atoms with Gasteiger partial charge in [-0.25, -0.2) is 0 Å². The Labute approximate surface area is 325 Å². The van der Waals surface area contributed by atoms with E-state index in [-0.39, 0.29) is 71.8 Å². The number of ether oxygens (including phenoxy) is 5. The summed E-state index contributed by atoms with van der Waals surface area (Å²) in [6, 6.07) is 0. The molecule has 0 aromatic carbocycles. The fourth-order valence-corrected chi connectivity index (χ4v) is 10.2. The average Bonchev–Trinajstić information content (AvgIpc) is 3.58. The van der Waals surface area contributed by atoms with E-state index in [1.165, 1.54) is 0 Å². The second-order valence-electron chi connectivity index (χ2n) is 17.3. The van der Waals surface area contributed by atoms with Crippen molar-refractivity contribution < 1.29 is 48.6 Å². The Balaban J connectivity index is 0.00000319. The van der Waals surface area contributed by atoms with Gasteiger partial charge in [-0.3, -0.25) is 9.59 Å². The van der Waals surface area contributed by atoms with E-state index in [1.807, 2.05) is 48.5 Å². The van der Waals surface area contributed by atoms with Crippen molar-refractivity contribution in [2.45, 2.75) is 206 Å². The van der Waals surface area contributed by atoms with Crippen LogP contribution in [0.1, 0.15) is 140 Å². The van der Waals surface area contributed by atoms with E-state index in [2.05, 4.69) is 20.8 Å². The number of hydrogen-bond acceptors (Lipinski definition) is 10. The van der Waals surface area contributed by atoms with Crippen LogP contribution in [-0.2, 0) is 33.3 Å². The predicted molar refractivity (Wildman–Crippen MR) is 207 cm³/mol. The zero-order chi connectivity index (χ0) is 40.3. The highest BCUT2D eigenvalue weighted by Crippen LogP contribution is 2.51. The molecule has 5 N–H and O–H groups in total. The molecule has 3 unspecified atom stereocenters. The number of carbonyl (C=O) groups is 2. The fraction of sp³-hybridized carbons (Fsp3) is 0.907. The third-order valence-electron chi connectivity index (χ3n) is 14.0. The summed E-state index contributed by atoms with van der Waals surface area (Å²) in [7, 11) is 0.